The molecular formula is C12H13F3N2O. The smallest absolute Gasteiger partial charge is 0.351 e. The number of halogens is 3. The van der Waals surface area contributed by atoms with E-state index in [9.17, 15) is 13.2 Å². The number of hydrogen-bond donors (Lipinski definition) is 1. The lowest BCUT2D eigenvalue weighted by molar-refractivity contribution is -0.181. The first-order valence-corrected chi connectivity index (χ1v) is 5.42. The molecule has 0 amide bonds. The molecule has 0 bridgehead atoms. The predicted molar refractivity (Wildman–Crippen MR) is 61.8 cm³/mol. The maximum atomic E-state index is 12.0. The molecule has 2 N–H and O–H groups in total. The molecule has 1 heterocycles. The highest BCUT2D eigenvalue weighted by Crippen LogP contribution is 2.21. The molecule has 0 atom stereocenters. The van der Waals surface area contributed by atoms with Gasteiger partial charge in [-0.05, 0) is 17.7 Å². The van der Waals surface area contributed by atoms with Crippen molar-refractivity contribution >= 4 is 10.9 Å². The molecule has 0 spiro atoms. The van der Waals surface area contributed by atoms with Gasteiger partial charge in [-0.25, -0.2) is 0 Å². The van der Waals surface area contributed by atoms with Crippen molar-refractivity contribution in [2.75, 3.05) is 6.61 Å². The van der Waals surface area contributed by atoms with E-state index in [2.05, 4.69) is 4.74 Å². The largest absolute Gasteiger partial charge is 0.411 e. The second-order valence-electron chi connectivity index (χ2n) is 3.93. The maximum absolute atomic E-state index is 12.0. The lowest BCUT2D eigenvalue weighted by atomic mass is 10.1. The fourth-order valence-electron chi connectivity index (χ4n) is 1.84. The van der Waals surface area contributed by atoms with Crippen molar-refractivity contribution in [2.45, 2.75) is 19.5 Å². The Morgan fingerprint density at radius 1 is 1.22 bits per heavy atom. The Balaban J connectivity index is 2.15. The molecule has 2 aromatic rings. The molecule has 0 aliphatic heterocycles. The Morgan fingerprint density at radius 3 is 2.67 bits per heavy atom. The Labute approximate surface area is 102 Å². The van der Waals surface area contributed by atoms with E-state index in [1.165, 1.54) is 0 Å². The third-order valence-electron chi connectivity index (χ3n) is 2.62. The van der Waals surface area contributed by atoms with Crippen LogP contribution in [0.25, 0.3) is 10.9 Å². The van der Waals surface area contributed by atoms with Crippen LogP contribution < -0.4 is 5.73 Å². The van der Waals surface area contributed by atoms with Gasteiger partial charge in [-0.1, -0.05) is 12.1 Å². The average Bonchev–Trinajstić information content (AvgIpc) is 2.71. The zero-order valence-electron chi connectivity index (χ0n) is 9.57. The topological polar surface area (TPSA) is 40.2 Å². The van der Waals surface area contributed by atoms with Gasteiger partial charge in [0.1, 0.15) is 13.3 Å². The highest BCUT2D eigenvalue weighted by Gasteiger charge is 2.27. The lowest BCUT2D eigenvalue weighted by Crippen LogP contribution is -2.18. The third kappa shape index (κ3) is 2.83. The van der Waals surface area contributed by atoms with Crippen LogP contribution in [0.15, 0.2) is 30.5 Å². The number of benzene rings is 1. The van der Waals surface area contributed by atoms with E-state index in [1.807, 2.05) is 24.3 Å². The molecular weight excluding hydrogens is 245 g/mol. The fraction of sp³-hybridized carbons (Fsp3) is 0.333. The zero-order valence-corrected chi connectivity index (χ0v) is 9.57. The minimum atomic E-state index is -4.30. The zero-order chi connectivity index (χ0) is 13.2. The van der Waals surface area contributed by atoms with Crippen LogP contribution in [0.4, 0.5) is 13.2 Å². The van der Waals surface area contributed by atoms with Crippen molar-refractivity contribution in [3.63, 3.8) is 0 Å². The van der Waals surface area contributed by atoms with Gasteiger partial charge in [0.2, 0.25) is 0 Å². The molecule has 6 heteroatoms. The van der Waals surface area contributed by atoms with Gasteiger partial charge in [-0.2, -0.15) is 13.2 Å². The lowest BCUT2D eigenvalue weighted by Gasteiger charge is -2.09. The van der Waals surface area contributed by atoms with Crippen LogP contribution in [-0.4, -0.2) is 17.4 Å². The van der Waals surface area contributed by atoms with E-state index < -0.39 is 12.8 Å². The Hall–Kier alpha value is -1.53. The quantitative estimate of drug-likeness (QED) is 0.915. The highest BCUT2D eigenvalue weighted by molar-refractivity contribution is 5.83. The van der Waals surface area contributed by atoms with Gasteiger partial charge in [-0.15, -0.1) is 0 Å². The fourth-order valence-corrected chi connectivity index (χ4v) is 1.84. The van der Waals surface area contributed by atoms with Gasteiger partial charge in [-0.3, -0.25) is 0 Å². The summed E-state index contributed by atoms with van der Waals surface area (Å²) in [6.07, 6.45) is -2.61. The van der Waals surface area contributed by atoms with Crippen LogP contribution in [-0.2, 0) is 18.0 Å². The van der Waals surface area contributed by atoms with Gasteiger partial charge < -0.3 is 15.0 Å². The van der Waals surface area contributed by atoms with E-state index in [1.54, 1.807) is 10.8 Å². The molecule has 0 radical (unpaired) electrons. The standard InChI is InChI=1S/C12H13F3N2O/c13-12(14,15)7-18-8-17-5-4-10-9(6-16)2-1-3-11(10)17/h1-5H,6-8,16H2. The molecule has 18 heavy (non-hydrogen) atoms. The van der Waals surface area contributed by atoms with E-state index in [4.69, 9.17) is 5.73 Å². The van der Waals surface area contributed by atoms with Crippen molar-refractivity contribution in [2.24, 2.45) is 5.73 Å². The first-order chi connectivity index (χ1) is 8.51. The monoisotopic (exact) mass is 258 g/mol. The first kappa shape index (κ1) is 12.9. The van der Waals surface area contributed by atoms with E-state index in [0.29, 0.717) is 6.54 Å². The molecule has 0 saturated carbocycles. The summed E-state index contributed by atoms with van der Waals surface area (Å²) < 4.78 is 42.2. The number of rotatable bonds is 4. The summed E-state index contributed by atoms with van der Waals surface area (Å²) >= 11 is 0. The number of nitrogens with zero attached hydrogens (tertiary/aromatic N) is 1. The van der Waals surface area contributed by atoms with Gasteiger partial charge in [0.05, 0.1) is 5.52 Å². The Kier molecular flexibility index (Phi) is 3.58. The van der Waals surface area contributed by atoms with Crippen molar-refractivity contribution < 1.29 is 17.9 Å². The number of fused-ring (bicyclic) bond motifs is 1. The van der Waals surface area contributed by atoms with Crippen LogP contribution in [0.1, 0.15) is 5.56 Å². The SMILES string of the molecule is NCc1cccc2c1ccn2COCC(F)(F)F. The Morgan fingerprint density at radius 2 is 2.00 bits per heavy atom. The molecule has 3 nitrogen and oxygen atoms in total. The normalized spacial score (nSPS) is 12.2. The number of alkyl halides is 3. The number of ether oxygens (including phenoxy) is 1. The van der Waals surface area contributed by atoms with E-state index >= 15 is 0 Å². The van der Waals surface area contributed by atoms with Gasteiger partial charge in [0, 0.05) is 18.1 Å². The van der Waals surface area contributed by atoms with E-state index in [0.717, 1.165) is 16.5 Å². The molecule has 98 valence electrons. The summed E-state index contributed by atoms with van der Waals surface area (Å²) in [5.41, 5.74) is 7.37. The summed E-state index contributed by atoms with van der Waals surface area (Å²) in [4.78, 5) is 0. The van der Waals surface area contributed by atoms with E-state index in [-0.39, 0.29) is 6.73 Å². The van der Waals surface area contributed by atoms with Gasteiger partial charge in [0.25, 0.3) is 0 Å². The van der Waals surface area contributed by atoms with Crippen molar-refractivity contribution in [1.82, 2.24) is 4.57 Å². The second-order valence-corrected chi connectivity index (χ2v) is 3.93. The van der Waals surface area contributed by atoms with Crippen LogP contribution in [0.3, 0.4) is 0 Å². The van der Waals surface area contributed by atoms with Crippen molar-refractivity contribution in [3.8, 4) is 0 Å². The van der Waals surface area contributed by atoms with Crippen LogP contribution in [0, 0.1) is 0 Å². The minimum Gasteiger partial charge on any atom is -0.351 e. The second kappa shape index (κ2) is 4.99. The number of nitrogens with two attached hydrogens (primary N) is 1. The molecule has 0 aliphatic carbocycles. The molecule has 0 aliphatic rings. The average molecular weight is 258 g/mol. The molecule has 0 fully saturated rings. The third-order valence-corrected chi connectivity index (χ3v) is 2.62. The molecule has 0 saturated heterocycles. The highest BCUT2D eigenvalue weighted by atomic mass is 19.4. The minimum absolute atomic E-state index is 0.128. The molecule has 2 rings (SSSR count). The van der Waals surface area contributed by atoms with Gasteiger partial charge in [0.15, 0.2) is 0 Å². The number of aromatic nitrogens is 1. The summed E-state index contributed by atoms with van der Waals surface area (Å²) in [7, 11) is 0. The first-order valence-electron chi connectivity index (χ1n) is 5.42. The summed E-state index contributed by atoms with van der Waals surface area (Å²) in [5.74, 6) is 0. The molecule has 0 unspecified atom stereocenters. The number of hydrogen-bond acceptors (Lipinski definition) is 2. The summed E-state index contributed by atoms with van der Waals surface area (Å²) in [6.45, 7) is -0.981. The summed E-state index contributed by atoms with van der Waals surface area (Å²) in [6, 6.07) is 7.37. The van der Waals surface area contributed by atoms with Crippen molar-refractivity contribution in [3.05, 3.63) is 36.0 Å². The summed E-state index contributed by atoms with van der Waals surface area (Å²) in [5, 5.41) is 0.940. The predicted octanol–water partition coefficient (Wildman–Crippen LogP) is 2.64. The van der Waals surface area contributed by atoms with Crippen molar-refractivity contribution in [1.29, 1.82) is 0 Å². The maximum Gasteiger partial charge on any atom is 0.411 e. The van der Waals surface area contributed by atoms with Gasteiger partial charge >= 0.3 is 6.18 Å². The molecule has 1 aromatic carbocycles. The van der Waals surface area contributed by atoms with Crippen LogP contribution >= 0.6 is 0 Å². The van der Waals surface area contributed by atoms with Crippen LogP contribution in [0.5, 0.6) is 0 Å². The Bertz CT molecular complexity index is 534. The molecule has 1 aromatic heterocycles. The van der Waals surface area contributed by atoms with Crippen LogP contribution in [0.2, 0.25) is 0 Å².